The van der Waals surface area contributed by atoms with Gasteiger partial charge >= 0.3 is 26.4 Å². The molecule has 21 heavy (non-hydrogen) atoms. The van der Waals surface area contributed by atoms with Gasteiger partial charge in [0, 0.05) is 0 Å². The van der Waals surface area contributed by atoms with Crippen LogP contribution in [0.15, 0.2) is 0 Å². The van der Waals surface area contributed by atoms with E-state index in [2.05, 4.69) is 26.2 Å². The molecule has 0 amide bonds. The summed E-state index contributed by atoms with van der Waals surface area (Å²) in [4.78, 5) is 0. The monoisotopic (exact) mass is 364 g/mol. The Morgan fingerprint density at radius 1 is 1.10 bits per heavy atom. The highest BCUT2D eigenvalue weighted by molar-refractivity contribution is 6.84. The first-order chi connectivity index (χ1) is 9.83. The van der Waals surface area contributed by atoms with E-state index in [1.807, 2.05) is 0 Å². The molecular weight excluding hydrogens is 336 g/mol. The highest BCUT2D eigenvalue weighted by Crippen LogP contribution is 2.41. The Balaban J connectivity index is 1.48. The van der Waals surface area contributed by atoms with Gasteiger partial charge in [-0.2, -0.15) is 0 Å². The summed E-state index contributed by atoms with van der Waals surface area (Å²) in [5, 5.41) is 0. The van der Waals surface area contributed by atoms with Crippen LogP contribution in [0, 0.1) is 5.92 Å². The fourth-order valence-corrected chi connectivity index (χ4v) is 17.6. The van der Waals surface area contributed by atoms with Crippen LogP contribution < -0.4 is 0 Å². The van der Waals surface area contributed by atoms with Crippen molar-refractivity contribution >= 4 is 36.4 Å². The molecule has 5 nitrogen and oxygen atoms in total. The van der Waals surface area contributed by atoms with Crippen molar-refractivity contribution in [2.75, 3.05) is 0 Å². The predicted molar refractivity (Wildman–Crippen MR) is 90.4 cm³/mol. The van der Waals surface area contributed by atoms with Gasteiger partial charge < -0.3 is 21.2 Å². The molecule has 1 saturated carbocycles. The Hall–Kier alpha value is 0.668. The Morgan fingerprint density at radius 2 is 1.90 bits per heavy atom. The molecule has 3 fully saturated rings. The first-order valence-corrected chi connectivity index (χ1v) is 16.7. The summed E-state index contributed by atoms with van der Waals surface area (Å²) in [5.41, 5.74) is 0. The third kappa shape index (κ3) is 4.82. The van der Waals surface area contributed by atoms with E-state index < -0.39 is 36.4 Å². The number of fused-ring (bicyclic) bond motifs is 1. The van der Waals surface area contributed by atoms with Gasteiger partial charge in [-0.15, -0.1) is 0 Å². The SMILES string of the molecule is C[Si]1(C)O[SiH2]O[SiH](CCC2CCC3OC3C2)O[Si](C)(C)O1. The molecule has 0 aromatic heterocycles. The molecule has 0 spiro atoms. The van der Waals surface area contributed by atoms with Gasteiger partial charge in [0.15, 0.2) is 0 Å². The van der Waals surface area contributed by atoms with Gasteiger partial charge in [0.1, 0.15) is 0 Å². The molecule has 1 aliphatic carbocycles. The minimum Gasteiger partial charge on any atom is -0.422 e. The molecule has 0 radical (unpaired) electrons. The van der Waals surface area contributed by atoms with Crippen molar-refractivity contribution in [1.82, 2.24) is 0 Å². The maximum absolute atomic E-state index is 6.33. The predicted octanol–water partition coefficient (Wildman–Crippen LogP) is 1.65. The average molecular weight is 365 g/mol. The van der Waals surface area contributed by atoms with E-state index in [-0.39, 0.29) is 0 Å². The zero-order valence-corrected chi connectivity index (χ0v) is 18.2. The van der Waals surface area contributed by atoms with Crippen LogP contribution in [0.3, 0.4) is 0 Å². The first-order valence-electron chi connectivity index (χ1n) is 8.12. The molecule has 0 N–H and O–H groups in total. The van der Waals surface area contributed by atoms with E-state index in [0.717, 1.165) is 12.0 Å². The maximum Gasteiger partial charge on any atom is 0.313 e. The van der Waals surface area contributed by atoms with Gasteiger partial charge in [-0.25, -0.2) is 0 Å². The van der Waals surface area contributed by atoms with Crippen molar-refractivity contribution in [1.29, 1.82) is 0 Å². The summed E-state index contributed by atoms with van der Waals surface area (Å²) < 4.78 is 30.2. The Labute approximate surface area is 134 Å². The minimum atomic E-state index is -2.09. The summed E-state index contributed by atoms with van der Waals surface area (Å²) >= 11 is 0. The summed E-state index contributed by atoms with van der Waals surface area (Å²) in [6.45, 7) is 8.45. The molecule has 0 aromatic carbocycles. The van der Waals surface area contributed by atoms with E-state index in [4.69, 9.17) is 21.2 Å². The summed E-state index contributed by atoms with van der Waals surface area (Å²) in [6.07, 6.45) is 6.21. The lowest BCUT2D eigenvalue weighted by atomic mass is 9.88. The van der Waals surface area contributed by atoms with Gasteiger partial charge in [-0.3, -0.25) is 0 Å². The molecule has 9 heteroatoms. The van der Waals surface area contributed by atoms with Crippen LogP contribution in [-0.4, -0.2) is 48.6 Å². The van der Waals surface area contributed by atoms with Gasteiger partial charge in [0.2, 0.25) is 0 Å². The number of hydrogen-bond acceptors (Lipinski definition) is 5. The maximum atomic E-state index is 6.33. The lowest BCUT2D eigenvalue weighted by molar-refractivity contribution is 0.267. The molecule has 122 valence electrons. The van der Waals surface area contributed by atoms with E-state index in [9.17, 15) is 0 Å². The molecule has 0 bridgehead atoms. The standard InChI is InChI=1S/C12H28O5Si4/c1-20(2)15-18-14-19(16-21(3,4)17-20)8-7-10-5-6-11-12(9-10)13-11/h10-12,19H,5-9,18H2,1-4H3. The lowest BCUT2D eigenvalue weighted by Gasteiger charge is -2.38. The highest BCUT2D eigenvalue weighted by atomic mass is 28.5. The number of hydrogen-bond donors (Lipinski definition) is 0. The van der Waals surface area contributed by atoms with Gasteiger partial charge in [0.25, 0.3) is 10.0 Å². The van der Waals surface area contributed by atoms with E-state index in [1.165, 1.54) is 25.7 Å². The van der Waals surface area contributed by atoms with Crippen molar-refractivity contribution < 1.29 is 21.2 Å². The van der Waals surface area contributed by atoms with E-state index in [1.54, 1.807) is 0 Å². The second-order valence-electron chi connectivity index (χ2n) is 7.35. The Kier molecular flexibility index (Phi) is 4.94. The first kappa shape index (κ1) is 16.5. The van der Waals surface area contributed by atoms with Crippen molar-refractivity contribution in [3.63, 3.8) is 0 Å². The molecule has 2 aliphatic heterocycles. The zero-order valence-electron chi connectivity index (χ0n) is 13.6. The second kappa shape index (κ2) is 6.28. The molecule has 4 atom stereocenters. The molecule has 2 heterocycles. The summed E-state index contributed by atoms with van der Waals surface area (Å²) in [5.74, 6) is 0.804. The van der Waals surface area contributed by atoms with Crippen LogP contribution in [0.4, 0.5) is 0 Å². The molecule has 0 aromatic rings. The molecule has 3 rings (SSSR count). The fourth-order valence-electron chi connectivity index (χ4n) is 3.51. The van der Waals surface area contributed by atoms with Crippen LogP contribution in [0.25, 0.3) is 0 Å². The van der Waals surface area contributed by atoms with Crippen LogP contribution >= 0.6 is 0 Å². The van der Waals surface area contributed by atoms with E-state index in [0.29, 0.717) is 12.2 Å². The van der Waals surface area contributed by atoms with Gasteiger partial charge in [-0.1, -0.05) is 0 Å². The Bertz CT molecular complexity index is 381. The minimum absolute atomic E-state index is 0.572. The molecule has 4 unspecified atom stereocenters. The third-order valence-corrected chi connectivity index (χ3v) is 17.8. The van der Waals surface area contributed by atoms with Crippen molar-refractivity contribution in [3.8, 4) is 0 Å². The summed E-state index contributed by atoms with van der Waals surface area (Å²) in [6, 6.07) is 1.10. The van der Waals surface area contributed by atoms with Crippen LogP contribution in [-0.2, 0) is 21.2 Å². The topological polar surface area (TPSA) is 49.5 Å². The lowest BCUT2D eigenvalue weighted by Crippen LogP contribution is -2.55. The molecule has 3 aliphatic rings. The highest BCUT2D eigenvalue weighted by Gasteiger charge is 2.44. The van der Waals surface area contributed by atoms with Crippen LogP contribution in [0.1, 0.15) is 25.7 Å². The number of rotatable bonds is 3. The molecule has 2 saturated heterocycles. The normalized spacial score (nSPS) is 42.9. The third-order valence-electron chi connectivity index (χ3n) is 4.49. The van der Waals surface area contributed by atoms with Crippen molar-refractivity contribution in [2.45, 2.75) is 70.1 Å². The Morgan fingerprint density at radius 3 is 2.67 bits per heavy atom. The quantitative estimate of drug-likeness (QED) is 0.563. The fraction of sp³-hybridized carbons (Fsp3) is 1.00. The average Bonchev–Trinajstić information content (AvgIpc) is 3.10. The smallest absolute Gasteiger partial charge is 0.313 e. The van der Waals surface area contributed by atoms with E-state index >= 15 is 0 Å². The van der Waals surface area contributed by atoms with Crippen molar-refractivity contribution in [3.05, 3.63) is 0 Å². The zero-order chi connectivity index (χ0) is 15.1. The largest absolute Gasteiger partial charge is 0.422 e. The number of ether oxygens (including phenoxy) is 1. The summed E-state index contributed by atoms with van der Waals surface area (Å²) in [7, 11) is -6.64. The van der Waals surface area contributed by atoms with Crippen LogP contribution in [0.2, 0.25) is 32.2 Å². The second-order valence-corrected chi connectivity index (χ2v) is 18.9. The van der Waals surface area contributed by atoms with Gasteiger partial charge in [0.05, 0.1) is 12.2 Å². The van der Waals surface area contributed by atoms with Crippen LogP contribution in [0.5, 0.6) is 0 Å². The molecular formula is C12H28O5Si4. The van der Waals surface area contributed by atoms with Crippen molar-refractivity contribution in [2.24, 2.45) is 5.92 Å². The van der Waals surface area contributed by atoms with Gasteiger partial charge in [-0.05, 0) is 63.8 Å². The number of epoxide rings is 1.